The van der Waals surface area contributed by atoms with E-state index in [0.29, 0.717) is 0 Å². The zero-order valence-electron chi connectivity index (χ0n) is 28.2. The minimum atomic E-state index is -0.394. The monoisotopic (exact) mass is 649 g/mol. The number of anilines is 2. The topological polar surface area (TPSA) is 3.24 Å². The van der Waals surface area contributed by atoms with Crippen molar-refractivity contribution in [2.75, 3.05) is 4.90 Å². The Balaban J connectivity index is 1.21. The van der Waals surface area contributed by atoms with Crippen LogP contribution < -0.4 is 4.90 Å². The van der Waals surface area contributed by atoms with E-state index in [9.17, 15) is 0 Å². The van der Waals surface area contributed by atoms with E-state index in [1.54, 1.807) is 0 Å². The molecule has 0 aromatic heterocycles. The van der Waals surface area contributed by atoms with E-state index < -0.39 is 5.41 Å². The highest BCUT2D eigenvalue weighted by molar-refractivity contribution is 5.96. The summed E-state index contributed by atoms with van der Waals surface area (Å²) in [6.07, 6.45) is 0. The molecule has 0 unspecified atom stereocenters. The van der Waals surface area contributed by atoms with Crippen LogP contribution in [0.1, 0.15) is 27.8 Å². The lowest BCUT2D eigenvalue weighted by Gasteiger charge is -2.32. The fourth-order valence-corrected chi connectivity index (χ4v) is 8.79. The molecule has 8 aromatic rings. The van der Waals surface area contributed by atoms with Crippen molar-refractivity contribution >= 4 is 11.4 Å². The highest BCUT2D eigenvalue weighted by Gasteiger charge is 2.51. The summed E-state index contributed by atoms with van der Waals surface area (Å²) in [5.74, 6) is 0. The van der Waals surface area contributed by atoms with Crippen LogP contribution in [0.15, 0.2) is 200 Å². The first-order chi connectivity index (χ1) is 25.3. The molecule has 0 N–H and O–H groups in total. The van der Waals surface area contributed by atoms with Crippen LogP contribution in [0.2, 0.25) is 0 Å². The molecule has 8 aromatic carbocycles. The maximum atomic E-state index is 2.51. The van der Waals surface area contributed by atoms with Gasteiger partial charge in [-0.1, -0.05) is 176 Å². The minimum absolute atomic E-state index is 0.394. The predicted octanol–water partition coefficient (Wildman–Crippen LogP) is 12.7. The summed E-state index contributed by atoms with van der Waals surface area (Å²) in [4.78, 5) is 2.51. The van der Waals surface area contributed by atoms with Crippen molar-refractivity contribution in [2.24, 2.45) is 0 Å². The Morgan fingerprint density at radius 2 is 0.784 bits per heavy atom. The molecule has 0 amide bonds. The molecule has 2 aliphatic carbocycles. The Hall–Kier alpha value is -6.44. The van der Waals surface area contributed by atoms with Crippen LogP contribution in [-0.4, -0.2) is 0 Å². The van der Waals surface area contributed by atoms with Gasteiger partial charge < -0.3 is 4.90 Å². The average molecular weight is 650 g/mol. The number of nitrogens with zero attached hydrogens (tertiary/aromatic N) is 1. The highest BCUT2D eigenvalue weighted by atomic mass is 15.1. The van der Waals surface area contributed by atoms with Gasteiger partial charge >= 0.3 is 0 Å². The van der Waals surface area contributed by atoms with Crippen molar-refractivity contribution in [3.63, 3.8) is 0 Å². The quantitative estimate of drug-likeness (QED) is 0.173. The molecule has 0 saturated heterocycles. The summed E-state index contributed by atoms with van der Waals surface area (Å²) in [5, 5.41) is 0. The van der Waals surface area contributed by atoms with Gasteiger partial charge in [-0.25, -0.2) is 0 Å². The van der Waals surface area contributed by atoms with Crippen LogP contribution in [0, 0.1) is 0 Å². The van der Waals surface area contributed by atoms with Crippen LogP contribution >= 0.6 is 0 Å². The summed E-state index contributed by atoms with van der Waals surface area (Å²) in [5.41, 5.74) is 18.8. The zero-order chi connectivity index (χ0) is 33.8. The number of hydrogen-bond donors (Lipinski definition) is 0. The molecule has 2 aliphatic rings. The Labute approximate surface area is 299 Å². The van der Waals surface area contributed by atoms with E-state index >= 15 is 0 Å². The fourth-order valence-electron chi connectivity index (χ4n) is 8.79. The van der Waals surface area contributed by atoms with Crippen LogP contribution in [-0.2, 0) is 12.0 Å². The Bertz CT molecular complexity index is 2500. The van der Waals surface area contributed by atoms with E-state index in [0.717, 1.165) is 12.2 Å². The van der Waals surface area contributed by atoms with Crippen molar-refractivity contribution < 1.29 is 0 Å². The summed E-state index contributed by atoms with van der Waals surface area (Å²) in [7, 11) is 0. The molecule has 10 rings (SSSR count). The third kappa shape index (κ3) is 4.55. The van der Waals surface area contributed by atoms with Gasteiger partial charge in [0.15, 0.2) is 0 Å². The average Bonchev–Trinajstić information content (AvgIpc) is 3.68. The fraction of sp³-hybridized carbons (Fsp3) is 0.0400. The lowest BCUT2D eigenvalue weighted by Crippen LogP contribution is -2.26. The van der Waals surface area contributed by atoms with Crippen LogP contribution in [0.3, 0.4) is 0 Å². The smallest absolute Gasteiger partial charge is 0.0726 e. The molecular weight excluding hydrogens is 615 g/mol. The van der Waals surface area contributed by atoms with Crippen molar-refractivity contribution in [1.82, 2.24) is 0 Å². The molecule has 0 saturated carbocycles. The highest BCUT2D eigenvalue weighted by Crippen LogP contribution is 2.63. The van der Waals surface area contributed by atoms with E-state index in [1.807, 2.05) is 0 Å². The van der Waals surface area contributed by atoms with Gasteiger partial charge in [-0.05, 0) is 96.6 Å². The summed E-state index contributed by atoms with van der Waals surface area (Å²) in [6, 6.07) is 73.7. The maximum Gasteiger partial charge on any atom is 0.0726 e. The molecule has 0 fully saturated rings. The maximum absolute atomic E-state index is 2.51. The van der Waals surface area contributed by atoms with E-state index in [-0.39, 0.29) is 0 Å². The normalized spacial score (nSPS) is 12.9. The van der Waals surface area contributed by atoms with Gasteiger partial charge in [0.1, 0.15) is 0 Å². The lowest BCUT2D eigenvalue weighted by atomic mass is 9.70. The first kappa shape index (κ1) is 29.5. The Morgan fingerprint density at radius 1 is 0.314 bits per heavy atom. The molecule has 0 heterocycles. The van der Waals surface area contributed by atoms with Gasteiger partial charge in [0.25, 0.3) is 0 Å². The zero-order valence-corrected chi connectivity index (χ0v) is 28.2. The molecule has 1 nitrogen and oxygen atoms in total. The van der Waals surface area contributed by atoms with Crippen LogP contribution in [0.5, 0.6) is 0 Å². The van der Waals surface area contributed by atoms with Crippen LogP contribution in [0.25, 0.3) is 44.5 Å². The molecule has 1 heteroatoms. The second-order valence-electron chi connectivity index (χ2n) is 13.6. The predicted molar refractivity (Wildman–Crippen MR) is 212 cm³/mol. The molecule has 240 valence electrons. The van der Waals surface area contributed by atoms with Crippen LogP contribution in [0.4, 0.5) is 11.4 Å². The summed E-state index contributed by atoms with van der Waals surface area (Å²) >= 11 is 0. The second-order valence-corrected chi connectivity index (χ2v) is 13.6. The number of fused-ring (bicyclic) bond motifs is 10. The van der Waals surface area contributed by atoms with Crippen molar-refractivity contribution in [3.8, 4) is 44.5 Å². The molecule has 0 bridgehead atoms. The van der Waals surface area contributed by atoms with Gasteiger partial charge in [-0.3, -0.25) is 0 Å². The van der Waals surface area contributed by atoms with Crippen molar-refractivity contribution in [1.29, 1.82) is 0 Å². The molecule has 0 radical (unpaired) electrons. The van der Waals surface area contributed by atoms with Gasteiger partial charge in [0, 0.05) is 17.9 Å². The lowest BCUT2D eigenvalue weighted by molar-refractivity contribution is 0.792. The first-order valence-corrected chi connectivity index (χ1v) is 17.8. The third-order valence-corrected chi connectivity index (χ3v) is 11.0. The number of hydrogen-bond acceptors (Lipinski definition) is 1. The van der Waals surface area contributed by atoms with Gasteiger partial charge in [0.05, 0.1) is 5.41 Å². The summed E-state index contributed by atoms with van der Waals surface area (Å²) in [6.45, 7) is 0.717. The molecular formula is C50H35N. The van der Waals surface area contributed by atoms with Gasteiger partial charge in [0.2, 0.25) is 0 Å². The van der Waals surface area contributed by atoms with E-state index in [4.69, 9.17) is 0 Å². The van der Waals surface area contributed by atoms with Gasteiger partial charge in [-0.2, -0.15) is 0 Å². The van der Waals surface area contributed by atoms with Crippen molar-refractivity contribution in [2.45, 2.75) is 12.0 Å². The third-order valence-electron chi connectivity index (χ3n) is 11.0. The SMILES string of the molecule is c1ccc(-c2cccc(N(Cc3ccccc3-c3ccccc3)c3ccc4c(c3)C3(c5ccccc5-c5ccccc53)c3ccccc3-4)c2)cc1. The molecule has 51 heavy (non-hydrogen) atoms. The summed E-state index contributed by atoms with van der Waals surface area (Å²) < 4.78 is 0. The second kappa shape index (κ2) is 11.9. The first-order valence-electron chi connectivity index (χ1n) is 17.8. The molecule has 0 atom stereocenters. The largest absolute Gasteiger partial charge is 0.337 e. The molecule has 1 spiro atoms. The Morgan fingerprint density at radius 3 is 1.41 bits per heavy atom. The standard InChI is InChI=1S/C50H35N/c1-3-16-35(17-4-1)37-21-15-22-39(32-37)51(34-38-20-7-8-23-41(38)36-18-5-2-6-19-36)40-30-31-45-44-26-11-14-29-48(44)50(49(45)33-40)46-27-12-9-24-42(46)43-25-10-13-28-47(43)50/h1-33H,34H2. The van der Waals surface area contributed by atoms with Crippen molar-refractivity contribution in [3.05, 3.63) is 228 Å². The minimum Gasteiger partial charge on any atom is -0.337 e. The Kier molecular flexibility index (Phi) is 6.85. The number of benzene rings is 8. The van der Waals surface area contributed by atoms with E-state index in [1.165, 1.54) is 78.0 Å². The number of rotatable bonds is 6. The van der Waals surface area contributed by atoms with E-state index in [2.05, 4.69) is 205 Å². The molecule has 0 aliphatic heterocycles. The van der Waals surface area contributed by atoms with Gasteiger partial charge in [-0.15, -0.1) is 0 Å².